The Morgan fingerprint density at radius 1 is 1.17 bits per heavy atom. The lowest BCUT2D eigenvalue weighted by molar-refractivity contribution is -0.120. The van der Waals surface area contributed by atoms with Crippen LogP contribution >= 0.6 is 0 Å². The molecule has 0 bridgehead atoms. The molecule has 1 N–H and O–H groups in total. The maximum Gasteiger partial charge on any atom is 0.293 e. The van der Waals surface area contributed by atoms with Gasteiger partial charge in [0, 0.05) is 24.4 Å². The lowest BCUT2D eigenvalue weighted by Crippen LogP contribution is -2.41. The van der Waals surface area contributed by atoms with Crippen LogP contribution in [-0.4, -0.2) is 23.3 Å². The zero-order valence-electron chi connectivity index (χ0n) is 15.8. The Labute approximate surface area is 165 Å². The average Bonchev–Trinajstić information content (AvgIpc) is 3.53. The Balaban J connectivity index is 1.58. The fourth-order valence-corrected chi connectivity index (χ4v) is 3.42. The smallest absolute Gasteiger partial charge is 0.293 e. The number of rotatable bonds is 4. The average molecular weight is 403 g/mol. The molecular formula is C21H20F3N3O2. The summed E-state index contributed by atoms with van der Waals surface area (Å²) in [4.78, 5) is 30.3. The van der Waals surface area contributed by atoms with Gasteiger partial charge in [-0.05, 0) is 56.2 Å². The lowest BCUT2D eigenvalue weighted by atomic mass is 10.0. The van der Waals surface area contributed by atoms with Gasteiger partial charge < -0.3 is 10.2 Å². The highest BCUT2D eigenvalue weighted by Crippen LogP contribution is 2.43. The van der Waals surface area contributed by atoms with Crippen molar-refractivity contribution in [1.82, 2.24) is 10.3 Å². The van der Waals surface area contributed by atoms with E-state index in [0.717, 1.165) is 12.8 Å². The standard InChI is InChI=1S/C21H20F3N3O2/c1-12(25-19(28)13-4-6-15(22)7-5-13)16-8-9-17-18(26-16)21(23,24)10-11-27(17)20(29)14-2-3-14/h4-9,12,14H,2-3,10-11H2,1H3,(H,25,28). The van der Waals surface area contributed by atoms with Crippen molar-refractivity contribution < 1.29 is 22.8 Å². The number of nitrogens with one attached hydrogen (secondary N) is 1. The number of alkyl halides is 2. The number of aromatic nitrogens is 1. The first-order chi connectivity index (χ1) is 13.8. The van der Waals surface area contributed by atoms with Crippen molar-refractivity contribution in [2.45, 2.75) is 38.2 Å². The summed E-state index contributed by atoms with van der Waals surface area (Å²) >= 11 is 0. The predicted octanol–water partition coefficient (Wildman–Crippen LogP) is 3.95. The highest BCUT2D eigenvalue weighted by molar-refractivity contribution is 5.97. The van der Waals surface area contributed by atoms with Gasteiger partial charge >= 0.3 is 0 Å². The molecule has 29 heavy (non-hydrogen) atoms. The van der Waals surface area contributed by atoms with E-state index in [9.17, 15) is 22.8 Å². The van der Waals surface area contributed by atoms with Crippen LogP contribution in [0.1, 0.15) is 54.0 Å². The second-order valence-electron chi connectivity index (χ2n) is 7.52. The third-order valence-corrected chi connectivity index (χ3v) is 5.27. The Bertz CT molecular complexity index is 958. The molecule has 1 aliphatic carbocycles. The molecule has 0 spiro atoms. The minimum absolute atomic E-state index is 0.0345. The number of benzene rings is 1. The summed E-state index contributed by atoms with van der Waals surface area (Å²) in [6.45, 7) is 1.59. The molecule has 1 aliphatic heterocycles. The highest BCUT2D eigenvalue weighted by atomic mass is 19.3. The molecule has 0 radical (unpaired) electrons. The van der Waals surface area contributed by atoms with Gasteiger partial charge in [-0.15, -0.1) is 0 Å². The number of nitrogens with zero attached hydrogens (tertiary/aromatic N) is 2. The topological polar surface area (TPSA) is 62.3 Å². The first kappa shape index (κ1) is 19.4. The van der Waals surface area contributed by atoms with Gasteiger partial charge in [0.25, 0.3) is 11.8 Å². The molecule has 1 aromatic heterocycles. The van der Waals surface area contributed by atoms with E-state index >= 15 is 0 Å². The van der Waals surface area contributed by atoms with Crippen molar-refractivity contribution in [2.75, 3.05) is 11.4 Å². The summed E-state index contributed by atoms with van der Waals surface area (Å²) in [5.41, 5.74) is 0.222. The third-order valence-electron chi connectivity index (χ3n) is 5.27. The molecular weight excluding hydrogens is 383 g/mol. The van der Waals surface area contributed by atoms with Crippen molar-refractivity contribution in [3.8, 4) is 0 Å². The summed E-state index contributed by atoms with van der Waals surface area (Å²) < 4.78 is 42.1. The number of halogens is 3. The molecule has 4 rings (SSSR count). The molecule has 2 aliphatic rings. The molecule has 2 amide bonds. The van der Waals surface area contributed by atoms with E-state index < -0.39 is 35.8 Å². The van der Waals surface area contributed by atoms with Gasteiger partial charge in [0.2, 0.25) is 5.91 Å². The second-order valence-corrected chi connectivity index (χ2v) is 7.52. The first-order valence-electron chi connectivity index (χ1n) is 9.53. The fourth-order valence-electron chi connectivity index (χ4n) is 3.42. The predicted molar refractivity (Wildman–Crippen MR) is 100 cm³/mol. The van der Waals surface area contributed by atoms with Crippen LogP contribution < -0.4 is 10.2 Å². The van der Waals surface area contributed by atoms with E-state index in [1.807, 2.05) is 0 Å². The molecule has 2 aromatic rings. The molecule has 152 valence electrons. The first-order valence-corrected chi connectivity index (χ1v) is 9.53. The Kier molecular flexibility index (Phi) is 4.80. The molecule has 1 atom stereocenters. The van der Waals surface area contributed by atoms with Crippen LogP contribution in [0.15, 0.2) is 36.4 Å². The largest absolute Gasteiger partial charge is 0.344 e. The van der Waals surface area contributed by atoms with Gasteiger partial charge in [-0.25, -0.2) is 9.37 Å². The summed E-state index contributed by atoms with van der Waals surface area (Å²) in [6, 6.07) is 7.39. The van der Waals surface area contributed by atoms with Gasteiger partial charge in [0.05, 0.1) is 17.4 Å². The second kappa shape index (κ2) is 7.17. The molecule has 8 heteroatoms. The van der Waals surface area contributed by atoms with E-state index in [-0.39, 0.29) is 35.3 Å². The third kappa shape index (κ3) is 3.83. The van der Waals surface area contributed by atoms with Gasteiger partial charge in [0.15, 0.2) is 0 Å². The summed E-state index contributed by atoms with van der Waals surface area (Å²) in [5, 5.41) is 2.68. The van der Waals surface area contributed by atoms with Gasteiger partial charge in [0.1, 0.15) is 11.5 Å². The zero-order chi connectivity index (χ0) is 20.8. The van der Waals surface area contributed by atoms with Crippen LogP contribution in [0.3, 0.4) is 0 Å². The SMILES string of the molecule is CC(NC(=O)c1ccc(F)cc1)c1ccc2c(n1)C(F)(F)CCN2C(=O)C1CC1. The molecule has 1 unspecified atom stereocenters. The summed E-state index contributed by atoms with van der Waals surface area (Å²) in [5.74, 6) is -4.28. The quantitative estimate of drug-likeness (QED) is 0.841. The summed E-state index contributed by atoms with van der Waals surface area (Å²) in [6.07, 6.45) is 1.10. The molecule has 5 nitrogen and oxygen atoms in total. The maximum atomic E-state index is 14.5. The summed E-state index contributed by atoms with van der Waals surface area (Å²) in [7, 11) is 0. The molecule has 2 heterocycles. The monoisotopic (exact) mass is 403 g/mol. The van der Waals surface area contributed by atoms with E-state index in [2.05, 4.69) is 10.3 Å². The van der Waals surface area contributed by atoms with E-state index in [1.165, 1.54) is 35.2 Å². The zero-order valence-corrected chi connectivity index (χ0v) is 15.8. The number of anilines is 1. The lowest BCUT2D eigenvalue weighted by Gasteiger charge is -2.34. The van der Waals surface area contributed by atoms with Crippen molar-refractivity contribution in [3.63, 3.8) is 0 Å². The van der Waals surface area contributed by atoms with Gasteiger partial charge in [-0.3, -0.25) is 9.59 Å². The molecule has 1 saturated carbocycles. The molecule has 1 aromatic carbocycles. The fraction of sp³-hybridized carbons (Fsp3) is 0.381. The molecule has 0 saturated heterocycles. The number of hydrogen-bond donors (Lipinski definition) is 1. The Morgan fingerprint density at radius 3 is 2.52 bits per heavy atom. The number of fused-ring (bicyclic) bond motifs is 1. The number of amides is 2. The Hall–Kier alpha value is -2.90. The van der Waals surface area contributed by atoms with Crippen LogP contribution in [0.5, 0.6) is 0 Å². The number of carbonyl (C=O) groups excluding carboxylic acids is 2. The van der Waals surface area contributed by atoms with Crippen LogP contribution in [0, 0.1) is 11.7 Å². The van der Waals surface area contributed by atoms with Crippen LogP contribution in [0.4, 0.5) is 18.9 Å². The minimum atomic E-state index is -3.15. The Morgan fingerprint density at radius 2 is 1.86 bits per heavy atom. The van der Waals surface area contributed by atoms with Gasteiger partial charge in [-0.1, -0.05) is 0 Å². The van der Waals surface area contributed by atoms with Crippen molar-refractivity contribution in [1.29, 1.82) is 0 Å². The van der Waals surface area contributed by atoms with E-state index in [1.54, 1.807) is 13.0 Å². The number of pyridine rings is 1. The highest BCUT2D eigenvalue weighted by Gasteiger charge is 2.45. The number of hydrogen-bond acceptors (Lipinski definition) is 3. The minimum Gasteiger partial charge on any atom is -0.344 e. The van der Waals surface area contributed by atoms with E-state index in [4.69, 9.17) is 0 Å². The number of carbonyl (C=O) groups is 2. The van der Waals surface area contributed by atoms with Crippen LogP contribution in [0.25, 0.3) is 0 Å². The maximum absolute atomic E-state index is 14.5. The van der Waals surface area contributed by atoms with Crippen molar-refractivity contribution in [2.24, 2.45) is 5.92 Å². The van der Waals surface area contributed by atoms with Crippen LogP contribution in [0.2, 0.25) is 0 Å². The normalized spacial score (nSPS) is 18.7. The van der Waals surface area contributed by atoms with Crippen molar-refractivity contribution >= 4 is 17.5 Å². The van der Waals surface area contributed by atoms with Crippen LogP contribution in [-0.2, 0) is 10.7 Å². The molecule has 1 fully saturated rings. The van der Waals surface area contributed by atoms with Gasteiger partial charge in [-0.2, -0.15) is 8.78 Å². The van der Waals surface area contributed by atoms with Crippen molar-refractivity contribution in [3.05, 3.63) is 59.2 Å². The van der Waals surface area contributed by atoms with E-state index in [0.29, 0.717) is 0 Å².